The van der Waals surface area contributed by atoms with Crippen LogP contribution in [0.2, 0.25) is 10.0 Å². The number of nitrogens with zero attached hydrogens (tertiary/aromatic N) is 2. The van der Waals surface area contributed by atoms with Crippen molar-refractivity contribution in [3.63, 3.8) is 0 Å². The van der Waals surface area contributed by atoms with Crippen molar-refractivity contribution in [3.05, 3.63) is 69.8 Å². The highest BCUT2D eigenvalue weighted by molar-refractivity contribution is 6.42. The summed E-state index contributed by atoms with van der Waals surface area (Å²) in [6.45, 7) is -0.00822. The lowest BCUT2D eigenvalue weighted by Crippen LogP contribution is -2.17. The second-order valence-electron chi connectivity index (χ2n) is 5.95. The van der Waals surface area contributed by atoms with Crippen molar-refractivity contribution in [2.75, 3.05) is 5.32 Å². The van der Waals surface area contributed by atoms with Gasteiger partial charge in [0.05, 0.1) is 10.0 Å². The molecule has 0 atom stereocenters. The van der Waals surface area contributed by atoms with Crippen LogP contribution in [-0.4, -0.2) is 16.4 Å². The Morgan fingerprint density at radius 3 is 2.61 bits per heavy atom. The topological polar surface area (TPSA) is 101 Å². The first-order valence-corrected chi connectivity index (χ1v) is 8.89. The van der Waals surface area contributed by atoms with Crippen LogP contribution in [0.4, 0.5) is 5.69 Å². The van der Waals surface area contributed by atoms with Crippen LogP contribution in [-0.2, 0) is 16.1 Å². The number of aromatic nitrogens is 1. The molecule has 3 N–H and O–H groups in total. The van der Waals surface area contributed by atoms with Crippen LogP contribution < -0.4 is 11.1 Å². The summed E-state index contributed by atoms with van der Waals surface area (Å²) in [6, 6.07) is 13.9. The fourth-order valence-corrected chi connectivity index (χ4v) is 3.06. The van der Waals surface area contributed by atoms with E-state index in [1.54, 1.807) is 22.9 Å². The predicted molar refractivity (Wildman–Crippen MR) is 110 cm³/mol. The molecule has 0 saturated heterocycles. The van der Waals surface area contributed by atoms with Gasteiger partial charge in [-0.05, 0) is 30.3 Å². The van der Waals surface area contributed by atoms with Gasteiger partial charge >= 0.3 is 0 Å². The Morgan fingerprint density at radius 1 is 1.18 bits per heavy atom. The Morgan fingerprint density at radius 2 is 1.93 bits per heavy atom. The summed E-state index contributed by atoms with van der Waals surface area (Å²) in [7, 11) is 0. The van der Waals surface area contributed by atoms with Crippen molar-refractivity contribution >= 4 is 57.7 Å². The minimum absolute atomic E-state index is 0.00822. The molecule has 0 aliphatic heterocycles. The van der Waals surface area contributed by atoms with Gasteiger partial charge in [0.15, 0.2) is 0 Å². The van der Waals surface area contributed by atoms with Crippen molar-refractivity contribution in [2.24, 2.45) is 5.73 Å². The van der Waals surface area contributed by atoms with Gasteiger partial charge in [0.1, 0.15) is 18.2 Å². The standard InChI is InChI=1S/C20H14Cl2N4O2/c21-16-6-5-14(8-17(16)22)25-20(28)12(9-23)7-13-10-26(11-19(24)27)18-4-2-1-3-15(13)18/h1-8,10H,11H2,(H2,24,27)(H,25,28)/b12-7-. The number of hydrogen-bond donors (Lipinski definition) is 2. The maximum absolute atomic E-state index is 12.5. The average molecular weight is 413 g/mol. The molecular weight excluding hydrogens is 399 g/mol. The smallest absolute Gasteiger partial charge is 0.266 e. The maximum Gasteiger partial charge on any atom is 0.266 e. The summed E-state index contributed by atoms with van der Waals surface area (Å²) in [5.41, 5.74) is 7.00. The molecule has 0 bridgehead atoms. The molecule has 140 valence electrons. The van der Waals surface area contributed by atoms with Crippen LogP contribution in [0.5, 0.6) is 0 Å². The van der Waals surface area contributed by atoms with E-state index in [0.29, 0.717) is 16.3 Å². The number of anilines is 1. The predicted octanol–water partition coefficient (Wildman–Crippen LogP) is 3.98. The Labute approximate surface area is 170 Å². The first-order valence-electron chi connectivity index (χ1n) is 8.13. The molecule has 3 rings (SSSR count). The number of para-hydroxylation sites is 1. The highest BCUT2D eigenvalue weighted by Gasteiger charge is 2.14. The second-order valence-corrected chi connectivity index (χ2v) is 6.76. The normalized spacial score (nSPS) is 11.2. The monoisotopic (exact) mass is 412 g/mol. The number of nitrogens with one attached hydrogen (secondary N) is 1. The highest BCUT2D eigenvalue weighted by Crippen LogP contribution is 2.26. The van der Waals surface area contributed by atoms with Gasteiger partial charge in [0, 0.05) is 28.4 Å². The number of carbonyl (C=O) groups excluding carboxylic acids is 2. The summed E-state index contributed by atoms with van der Waals surface area (Å²) >= 11 is 11.8. The molecule has 0 aliphatic rings. The zero-order chi connectivity index (χ0) is 20.3. The number of rotatable bonds is 5. The maximum atomic E-state index is 12.5. The van der Waals surface area contributed by atoms with Crippen molar-refractivity contribution < 1.29 is 9.59 Å². The Balaban J connectivity index is 1.96. The zero-order valence-corrected chi connectivity index (χ0v) is 16.0. The Hall–Kier alpha value is -3.27. The lowest BCUT2D eigenvalue weighted by Gasteiger charge is -2.05. The number of hydrogen-bond acceptors (Lipinski definition) is 3. The van der Waals surface area contributed by atoms with E-state index in [1.165, 1.54) is 12.1 Å². The molecule has 0 aliphatic carbocycles. The van der Waals surface area contributed by atoms with Crippen LogP contribution in [0, 0.1) is 11.3 Å². The van der Waals surface area contributed by atoms with Gasteiger partial charge in [-0.25, -0.2) is 0 Å². The molecule has 0 spiro atoms. The van der Waals surface area contributed by atoms with Gasteiger partial charge in [-0.3, -0.25) is 9.59 Å². The molecule has 6 nitrogen and oxygen atoms in total. The Kier molecular flexibility index (Phi) is 5.69. The first-order chi connectivity index (χ1) is 13.4. The Bertz CT molecular complexity index is 1160. The van der Waals surface area contributed by atoms with E-state index in [-0.39, 0.29) is 17.1 Å². The number of halogens is 2. The number of benzene rings is 2. The van der Waals surface area contributed by atoms with Gasteiger partial charge in [0.25, 0.3) is 5.91 Å². The number of amides is 2. The van der Waals surface area contributed by atoms with Crippen molar-refractivity contribution in [2.45, 2.75) is 6.54 Å². The van der Waals surface area contributed by atoms with Gasteiger partial charge in [0.2, 0.25) is 5.91 Å². The summed E-state index contributed by atoms with van der Waals surface area (Å²) in [5, 5.41) is 13.5. The molecule has 0 fully saturated rings. The summed E-state index contributed by atoms with van der Waals surface area (Å²) in [6.07, 6.45) is 3.14. The van der Waals surface area contributed by atoms with Crippen LogP contribution in [0.15, 0.2) is 54.2 Å². The van der Waals surface area contributed by atoms with Gasteiger partial charge < -0.3 is 15.6 Å². The van der Waals surface area contributed by atoms with Crippen LogP contribution in [0.1, 0.15) is 5.56 Å². The summed E-state index contributed by atoms with van der Waals surface area (Å²) in [5.74, 6) is -1.08. The third-order valence-electron chi connectivity index (χ3n) is 3.99. The molecule has 0 saturated carbocycles. The number of nitriles is 1. The summed E-state index contributed by atoms with van der Waals surface area (Å²) < 4.78 is 1.68. The van der Waals surface area contributed by atoms with E-state index in [2.05, 4.69) is 5.32 Å². The molecule has 3 aromatic rings. The van der Waals surface area contributed by atoms with E-state index in [4.69, 9.17) is 28.9 Å². The SMILES string of the molecule is N#C/C(=C/c1cn(CC(N)=O)c2ccccc12)C(=O)Nc1ccc(Cl)c(Cl)c1. The lowest BCUT2D eigenvalue weighted by molar-refractivity contribution is -0.118. The lowest BCUT2D eigenvalue weighted by atomic mass is 10.1. The van der Waals surface area contributed by atoms with E-state index in [1.807, 2.05) is 30.3 Å². The fourth-order valence-electron chi connectivity index (χ4n) is 2.77. The third kappa shape index (κ3) is 4.17. The number of fused-ring (bicyclic) bond motifs is 1. The third-order valence-corrected chi connectivity index (χ3v) is 4.73. The van der Waals surface area contributed by atoms with Gasteiger partial charge in [-0.1, -0.05) is 41.4 Å². The van der Waals surface area contributed by atoms with Crippen molar-refractivity contribution in [1.29, 1.82) is 5.26 Å². The van der Waals surface area contributed by atoms with Crippen molar-refractivity contribution in [1.82, 2.24) is 4.57 Å². The number of primary amides is 1. The van der Waals surface area contributed by atoms with Crippen LogP contribution >= 0.6 is 23.2 Å². The van der Waals surface area contributed by atoms with Crippen molar-refractivity contribution in [3.8, 4) is 6.07 Å². The van der Waals surface area contributed by atoms with E-state index in [0.717, 1.165) is 10.9 Å². The van der Waals surface area contributed by atoms with Crippen LogP contribution in [0.3, 0.4) is 0 Å². The molecule has 2 amide bonds. The zero-order valence-electron chi connectivity index (χ0n) is 14.4. The largest absolute Gasteiger partial charge is 0.368 e. The molecule has 1 heterocycles. The fraction of sp³-hybridized carbons (Fsp3) is 0.0500. The minimum atomic E-state index is -0.590. The van der Waals surface area contributed by atoms with Crippen LogP contribution in [0.25, 0.3) is 17.0 Å². The number of nitrogens with two attached hydrogens (primary N) is 1. The van der Waals surface area contributed by atoms with Gasteiger partial charge in [-0.2, -0.15) is 5.26 Å². The van der Waals surface area contributed by atoms with Gasteiger partial charge in [-0.15, -0.1) is 0 Å². The quantitative estimate of drug-likeness (QED) is 0.489. The molecule has 0 unspecified atom stereocenters. The van der Waals surface area contributed by atoms with E-state index in [9.17, 15) is 14.9 Å². The molecule has 8 heteroatoms. The van der Waals surface area contributed by atoms with E-state index < -0.39 is 11.8 Å². The molecular formula is C20H14Cl2N4O2. The molecule has 1 aromatic heterocycles. The minimum Gasteiger partial charge on any atom is -0.368 e. The summed E-state index contributed by atoms with van der Waals surface area (Å²) in [4.78, 5) is 23.8. The molecule has 28 heavy (non-hydrogen) atoms. The second kappa shape index (κ2) is 8.17. The molecule has 0 radical (unpaired) electrons. The molecule has 2 aromatic carbocycles. The van der Waals surface area contributed by atoms with E-state index >= 15 is 0 Å². The number of carbonyl (C=O) groups is 2. The average Bonchev–Trinajstić information content (AvgIpc) is 2.99. The first kappa shape index (κ1) is 19.5. The highest BCUT2D eigenvalue weighted by atomic mass is 35.5.